The predicted octanol–water partition coefficient (Wildman–Crippen LogP) is 2.29. The molecular weight excluding hydrogens is 324 g/mol. The zero-order valence-electron chi connectivity index (χ0n) is 11.4. The number of ketones is 2. The van der Waals surface area contributed by atoms with Gasteiger partial charge in [-0.05, 0) is 6.07 Å². The van der Waals surface area contributed by atoms with Crippen molar-refractivity contribution in [2.75, 3.05) is 0 Å². The summed E-state index contributed by atoms with van der Waals surface area (Å²) in [5.74, 6) is -0.501. The molecule has 0 unspecified atom stereocenters. The molecule has 0 spiro atoms. The number of rotatable bonds is 0. The molecule has 0 amide bonds. The van der Waals surface area contributed by atoms with Gasteiger partial charge in [0.1, 0.15) is 5.56 Å². The Morgan fingerprint density at radius 1 is 0.826 bits per heavy atom. The van der Waals surface area contributed by atoms with Crippen molar-refractivity contribution in [1.29, 1.82) is 5.39 Å². The van der Waals surface area contributed by atoms with Crippen LogP contribution in [0.1, 0.15) is 31.8 Å². The molecule has 0 heterocycles. The standard InChI is InChI=1S/C14H7N2O2.H2O4S/c15-16-11-7-3-6-10-12(11)14(18)9-5-2-1-4-8(9)13(10)17;1-5(2,3)4/h1-7H;(H2,1,2,3,4)/q+1;. The van der Waals surface area contributed by atoms with Crippen LogP contribution in [-0.4, -0.2) is 29.1 Å². The monoisotopic (exact) mass is 333 g/mol. The number of hydrogen-bond donors (Lipinski definition) is 2. The lowest BCUT2D eigenvalue weighted by atomic mass is 9.83. The fourth-order valence-electron chi connectivity index (χ4n) is 2.21. The number of carbonyl (C=O) groups excluding carboxylic acids is 2. The molecule has 0 atom stereocenters. The van der Waals surface area contributed by atoms with E-state index in [1.165, 1.54) is 6.07 Å². The molecule has 8 nitrogen and oxygen atoms in total. The van der Waals surface area contributed by atoms with Crippen molar-refractivity contribution in [2.24, 2.45) is 0 Å². The lowest BCUT2D eigenvalue weighted by Gasteiger charge is -2.14. The fourth-order valence-corrected chi connectivity index (χ4v) is 2.21. The van der Waals surface area contributed by atoms with Gasteiger partial charge in [-0.2, -0.15) is 8.42 Å². The van der Waals surface area contributed by atoms with Gasteiger partial charge in [0.25, 0.3) is 0 Å². The predicted molar refractivity (Wildman–Crippen MR) is 78.7 cm³/mol. The summed E-state index contributed by atoms with van der Waals surface area (Å²) in [5.41, 5.74) is 1.33. The summed E-state index contributed by atoms with van der Waals surface area (Å²) in [6.07, 6.45) is 0. The van der Waals surface area contributed by atoms with E-state index in [9.17, 15) is 9.59 Å². The Morgan fingerprint density at radius 3 is 1.83 bits per heavy atom. The van der Waals surface area contributed by atoms with Crippen LogP contribution < -0.4 is 0 Å². The van der Waals surface area contributed by atoms with Gasteiger partial charge in [-0.15, -0.1) is 0 Å². The summed E-state index contributed by atoms with van der Waals surface area (Å²) < 4.78 is 31.6. The number of hydrogen-bond acceptors (Lipinski definition) is 5. The largest absolute Gasteiger partial charge is 0.396 e. The van der Waals surface area contributed by atoms with Crippen molar-refractivity contribution in [3.63, 3.8) is 0 Å². The second kappa shape index (κ2) is 6.05. The maximum absolute atomic E-state index is 12.3. The first-order valence-corrected chi connectivity index (χ1v) is 7.50. The SMILES string of the molecule is N#[N+]c1cccc2c1C(=O)c1ccccc1C2=O.O=S(=O)(O)O. The maximum Gasteiger partial charge on any atom is 0.396 e. The topological polar surface area (TPSA) is 137 Å². The molecule has 0 radical (unpaired) electrons. The van der Waals surface area contributed by atoms with Crippen molar-refractivity contribution < 1.29 is 27.1 Å². The van der Waals surface area contributed by atoms with Crippen LogP contribution in [0.15, 0.2) is 42.5 Å². The van der Waals surface area contributed by atoms with Crippen LogP contribution in [0.25, 0.3) is 4.98 Å². The van der Waals surface area contributed by atoms with Crippen LogP contribution in [-0.2, 0) is 10.4 Å². The maximum atomic E-state index is 12.3. The van der Waals surface area contributed by atoms with Crippen LogP contribution in [0.4, 0.5) is 5.69 Å². The molecule has 0 saturated carbocycles. The minimum atomic E-state index is -4.67. The molecule has 116 valence electrons. The van der Waals surface area contributed by atoms with E-state index in [1.807, 2.05) is 0 Å². The lowest BCUT2D eigenvalue weighted by Crippen LogP contribution is -2.20. The highest BCUT2D eigenvalue weighted by Crippen LogP contribution is 2.32. The van der Waals surface area contributed by atoms with Gasteiger partial charge in [0.15, 0.2) is 10.8 Å². The van der Waals surface area contributed by atoms with Gasteiger partial charge in [-0.25, -0.2) is 0 Å². The minimum absolute atomic E-state index is 0.125. The summed E-state index contributed by atoms with van der Waals surface area (Å²) in [6.45, 7) is 0. The van der Waals surface area contributed by atoms with Crippen molar-refractivity contribution in [3.05, 3.63) is 69.7 Å². The van der Waals surface area contributed by atoms with E-state index in [1.54, 1.807) is 36.4 Å². The van der Waals surface area contributed by atoms with Crippen LogP contribution in [0.5, 0.6) is 0 Å². The second-order valence-electron chi connectivity index (χ2n) is 4.45. The first kappa shape index (κ1) is 16.4. The van der Waals surface area contributed by atoms with Crippen LogP contribution in [0.3, 0.4) is 0 Å². The highest BCUT2D eigenvalue weighted by molar-refractivity contribution is 7.79. The summed E-state index contributed by atoms with van der Waals surface area (Å²) >= 11 is 0. The lowest BCUT2D eigenvalue weighted by molar-refractivity contribution is 0.0980. The fraction of sp³-hybridized carbons (Fsp3) is 0. The number of benzene rings is 2. The molecule has 0 bridgehead atoms. The number of fused-ring (bicyclic) bond motifs is 2. The Kier molecular flexibility index (Phi) is 4.33. The van der Waals surface area contributed by atoms with E-state index >= 15 is 0 Å². The van der Waals surface area contributed by atoms with Gasteiger partial charge in [0.2, 0.25) is 11.2 Å². The van der Waals surface area contributed by atoms with Gasteiger partial charge in [0, 0.05) is 22.8 Å². The van der Waals surface area contributed by atoms with E-state index in [2.05, 4.69) is 4.98 Å². The highest BCUT2D eigenvalue weighted by Gasteiger charge is 2.35. The van der Waals surface area contributed by atoms with Gasteiger partial charge < -0.3 is 0 Å². The third-order valence-corrected chi connectivity index (χ3v) is 3.04. The number of nitrogens with zero attached hydrogens (tertiary/aromatic N) is 2. The Balaban J connectivity index is 0.000000338. The quantitative estimate of drug-likeness (QED) is 0.475. The van der Waals surface area contributed by atoms with Crippen LogP contribution in [0.2, 0.25) is 0 Å². The average molecular weight is 333 g/mol. The molecule has 0 saturated heterocycles. The molecular formula is C14H9N2O6S+. The molecule has 2 aromatic carbocycles. The number of diazo groups is 1. The first-order valence-electron chi connectivity index (χ1n) is 6.10. The number of carbonyl (C=O) groups is 2. The van der Waals surface area contributed by atoms with E-state index < -0.39 is 10.4 Å². The van der Waals surface area contributed by atoms with E-state index in [0.29, 0.717) is 11.1 Å². The molecule has 3 rings (SSSR count). The van der Waals surface area contributed by atoms with Crippen molar-refractivity contribution in [3.8, 4) is 0 Å². The third kappa shape index (κ3) is 3.46. The van der Waals surface area contributed by atoms with Gasteiger partial charge in [0.05, 0.1) is 0 Å². The Labute approximate surface area is 130 Å². The summed E-state index contributed by atoms with van der Waals surface area (Å²) in [7, 11) is -4.67. The Bertz CT molecular complexity index is 951. The van der Waals surface area contributed by atoms with Crippen LogP contribution in [0, 0.1) is 5.39 Å². The summed E-state index contributed by atoms with van der Waals surface area (Å²) in [5, 5.41) is 8.91. The van der Waals surface area contributed by atoms with Crippen molar-refractivity contribution in [2.45, 2.75) is 0 Å². The molecule has 1 aliphatic rings. The van der Waals surface area contributed by atoms with E-state index in [-0.39, 0.29) is 28.4 Å². The Hall–Kier alpha value is -2.93. The van der Waals surface area contributed by atoms with E-state index in [0.717, 1.165) is 0 Å². The molecule has 1 aliphatic carbocycles. The van der Waals surface area contributed by atoms with Crippen molar-refractivity contribution >= 4 is 27.7 Å². The molecule has 0 aromatic heterocycles. The highest BCUT2D eigenvalue weighted by atomic mass is 32.3. The first-order chi connectivity index (χ1) is 10.7. The summed E-state index contributed by atoms with van der Waals surface area (Å²) in [6, 6.07) is 11.3. The molecule has 9 heteroatoms. The van der Waals surface area contributed by atoms with Crippen LogP contribution >= 0.6 is 0 Å². The van der Waals surface area contributed by atoms with Crippen molar-refractivity contribution in [1.82, 2.24) is 0 Å². The zero-order valence-corrected chi connectivity index (χ0v) is 12.2. The molecule has 2 aromatic rings. The Morgan fingerprint density at radius 2 is 1.30 bits per heavy atom. The smallest absolute Gasteiger partial charge is 0.289 e. The molecule has 23 heavy (non-hydrogen) atoms. The summed E-state index contributed by atoms with van der Waals surface area (Å²) in [4.78, 5) is 27.6. The second-order valence-corrected chi connectivity index (χ2v) is 5.35. The zero-order chi connectivity index (χ0) is 17.2. The van der Waals surface area contributed by atoms with Gasteiger partial charge in [-0.1, -0.05) is 30.3 Å². The molecule has 0 fully saturated rings. The average Bonchev–Trinajstić information content (AvgIpc) is 2.50. The molecule has 2 N–H and O–H groups in total. The van der Waals surface area contributed by atoms with Gasteiger partial charge >= 0.3 is 16.1 Å². The van der Waals surface area contributed by atoms with E-state index in [4.69, 9.17) is 22.9 Å². The molecule has 0 aliphatic heterocycles. The van der Waals surface area contributed by atoms with Gasteiger partial charge in [-0.3, -0.25) is 18.7 Å². The minimum Gasteiger partial charge on any atom is -0.289 e. The normalized spacial score (nSPS) is 12.4. The third-order valence-electron chi connectivity index (χ3n) is 3.04.